The molecule has 0 spiro atoms. The number of halogens is 1. The lowest BCUT2D eigenvalue weighted by Gasteiger charge is -2.34. The zero-order chi connectivity index (χ0) is 12.4. The standard InChI is InChI=1S/C13H15ClN2O/c1-3-4-13(17)16-8-7-11-10(9(16)2)5-6-12(14)15-11/h3-6,9H,7-8H2,1-2H3/b4-3-. The van der Waals surface area contributed by atoms with Crippen LogP contribution in [0.3, 0.4) is 0 Å². The first kappa shape index (κ1) is 12.1. The maximum Gasteiger partial charge on any atom is 0.246 e. The van der Waals surface area contributed by atoms with Crippen LogP contribution in [0.1, 0.15) is 31.1 Å². The monoisotopic (exact) mass is 250 g/mol. The minimum absolute atomic E-state index is 0.0561. The Hall–Kier alpha value is -1.35. The van der Waals surface area contributed by atoms with Gasteiger partial charge >= 0.3 is 0 Å². The molecular weight excluding hydrogens is 236 g/mol. The lowest BCUT2D eigenvalue weighted by Crippen LogP contribution is -2.38. The Labute approximate surface area is 106 Å². The van der Waals surface area contributed by atoms with Crippen molar-refractivity contribution < 1.29 is 4.79 Å². The van der Waals surface area contributed by atoms with Crippen molar-refractivity contribution in [3.8, 4) is 0 Å². The molecule has 0 N–H and O–H groups in total. The molecule has 0 saturated heterocycles. The number of carbonyl (C=O) groups is 1. The molecule has 0 radical (unpaired) electrons. The Bertz CT molecular complexity index is 470. The molecule has 4 heteroatoms. The molecule has 0 fully saturated rings. The van der Waals surface area contributed by atoms with Gasteiger partial charge in [-0.3, -0.25) is 4.79 Å². The Morgan fingerprint density at radius 1 is 1.59 bits per heavy atom. The highest BCUT2D eigenvalue weighted by molar-refractivity contribution is 6.29. The van der Waals surface area contributed by atoms with E-state index < -0.39 is 0 Å². The van der Waals surface area contributed by atoms with Crippen LogP contribution in [0.2, 0.25) is 5.15 Å². The topological polar surface area (TPSA) is 33.2 Å². The summed E-state index contributed by atoms with van der Waals surface area (Å²) < 4.78 is 0. The third kappa shape index (κ3) is 2.34. The van der Waals surface area contributed by atoms with Crippen LogP contribution in [0, 0.1) is 0 Å². The van der Waals surface area contributed by atoms with Gasteiger partial charge in [-0.15, -0.1) is 0 Å². The molecule has 17 heavy (non-hydrogen) atoms. The van der Waals surface area contributed by atoms with E-state index in [1.807, 2.05) is 24.8 Å². The molecule has 1 aliphatic rings. The van der Waals surface area contributed by atoms with Gasteiger partial charge in [-0.2, -0.15) is 0 Å². The van der Waals surface area contributed by atoms with E-state index in [4.69, 9.17) is 11.6 Å². The second-order valence-corrected chi connectivity index (χ2v) is 4.51. The molecule has 1 atom stereocenters. The zero-order valence-corrected chi connectivity index (χ0v) is 10.7. The van der Waals surface area contributed by atoms with E-state index in [-0.39, 0.29) is 11.9 Å². The maximum absolute atomic E-state index is 11.9. The molecular formula is C13H15ClN2O. The summed E-state index contributed by atoms with van der Waals surface area (Å²) in [5.41, 5.74) is 2.10. The van der Waals surface area contributed by atoms with Gasteiger partial charge in [-0.25, -0.2) is 4.98 Å². The minimum atomic E-state index is 0.0561. The Morgan fingerprint density at radius 2 is 2.35 bits per heavy atom. The van der Waals surface area contributed by atoms with Crippen molar-refractivity contribution in [2.45, 2.75) is 26.3 Å². The predicted molar refractivity (Wildman–Crippen MR) is 67.9 cm³/mol. The van der Waals surface area contributed by atoms with Gasteiger partial charge in [-0.1, -0.05) is 23.7 Å². The average molecular weight is 251 g/mol. The van der Waals surface area contributed by atoms with Crippen molar-refractivity contribution in [2.75, 3.05) is 6.54 Å². The van der Waals surface area contributed by atoms with Gasteiger partial charge in [0.15, 0.2) is 0 Å². The number of hydrogen-bond acceptors (Lipinski definition) is 2. The fraction of sp³-hybridized carbons (Fsp3) is 0.385. The summed E-state index contributed by atoms with van der Waals surface area (Å²) in [5, 5.41) is 0.518. The normalized spacial score (nSPS) is 19.5. The fourth-order valence-electron chi connectivity index (χ4n) is 2.19. The first-order valence-electron chi connectivity index (χ1n) is 5.72. The highest BCUT2D eigenvalue weighted by Crippen LogP contribution is 2.29. The van der Waals surface area contributed by atoms with Crippen LogP contribution in [-0.2, 0) is 11.2 Å². The molecule has 1 aromatic rings. The predicted octanol–water partition coefficient (Wildman–Crippen LogP) is 2.76. The largest absolute Gasteiger partial charge is 0.332 e. The summed E-state index contributed by atoms with van der Waals surface area (Å²) >= 11 is 5.87. The SMILES string of the molecule is C/C=C\C(=O)N1CCc2nc(Cl)ccc2C1C. The smallest absolute Gasteiger partial charge is 0.246 e. The number of hydrogen-bond donors (Lipinski definition) is 0. The molecule has 2 rings (SSSR count). The Kier molecular flexibility index (Phi) is 3.48. The van der Waals surface area contributed by atoms with E-state index in [0.717, 1.165) is 17.7 Å². The molecule has 1 amide bonds. The summed E-state index contributed by atoms with van der Waals surface area (Å²) in [6.07, 6.45) is 4.14. The maximum atomic E-state index is 11.9. The van der Waals surface area contributed by atoms with E-state index in [1.54, 1.807) is 18.2 Å². The summed E-state index contributed by atoms with van der Waals surface area (Å²) in [4.78, 5) is 18.1. The van der Waals surface area contributed by atoms with Crippen molar-refractivity contribution in [1.29, 1.82) is 0 Å². The van der Waals surface area contributed by atoms with Crippen molar-refractivity contribution >= 4 is 17.5 Å². The highest BCUT2D eigenvalue weighted by Gasteiger charge is 2.27. The van der Waals surface area contributed by atoms with Crippen LogP contribution in [0.25, 0.3) is 0 Å². The molecule has 1 unspecified atom stereocenters. The summed E-state index contributed by atoms with van der Waals surface area (Å²) in [6.45, 7) is 4.57. The number of carbonyl (C=O) groups excluding carboxylic acids is 1. The van der Waals surface area contributed by atoms with Crippen molar-refractivity contribution in [2.24, 2.45) is 0 Å². The van der Waals surface area contributed by atoms with Gasteiger partial charge in [0.25, 0.3) is 0 Å². The highest BCUT2D eigenvalue weighted by atomic mass is 35.5. The van der Waals surface area contributed by atoms with Crippen LogP contribution in [-0.4, -0.2) is 22.3 Å². The number of pyridine rings is 1. The fourth-order valence-corrected chi connectivity index (χ4v) is 2.36. The van der Waals surface area contributed by atoms with E-state index in [1.165, 1.54) is 0 Å². The molecule has 0 saturated carbocycles. The van der Waals surface area contributed by atoms with Gasteiger partial charge in [0.05, 0.1) is 6.04 Å². The quantitative estimate of drug-likeness (QED) is 0.567. The number of nitrogens with zero attached hydrogens (tertiary/aromatic N) is 2. The van der Waals surface area contributed by atoms with E-state index in [2.05, 4.69) is 4.98 Å². The van der Waals surface area contributed by atoms with Crippen molar-refractivity contribution in [3.05, 3.63) is 40.7 Å². The first-order valence-corrected chi connectivity index (χ1v) is 6.10. The lowest BCUT2D eigenvalue weighted by atomic mass is 9.98. The van der Waals surface area contributed by atoms with Crippen LogP contribution in [0.5, 0.6) is 0 Å². The average Bonchev–Trinajstić information content (AvgIpc) is 2.29. The van der Waals surface area contributed by atoms with E-state index in [9.17, 15) is 4.79 Å². The zero-order valence-electron chi connectivity index (χ0n) is 9.98. The number of rotatable bonds is 1. The molecule has 1 aliphatic heterocycles. The summed E-state index contributed by atoms with van der Waals surface area (Å²) in [5.74, 6) is 0.0561. The number of fused-ring (bicyclic) bond motifs is 1. The number of amides is 1. The van der Waals surface area contributed by atoms with Crippen molar-refractivity contribution in [1.82, 2.24) is 9.88 Å². The van der Waals surface area contributed by atoms with E-state index >= 15 is 0 Å². The lowest BCUT2D eigenvalue weighted by molar-refractivity contribution is -0.128. The van der Waals surface area contributed by atoms with E-state index in [0.29, 0.717) is 11.7 Å². The molecule has 3 nitrogen and oxygen atoms in total. The van der Waals surface area contributed by atoms with Crippen LogP contribution in [0.15, 0.2) is 24.3 Å². The van der Waals surface area contributed by atoms with Gasteiger partial charge in [0.2, 0.25) is 5.91 Å². The van der Waals surface area contributed by atoms with Crippen LogP contribution in [0.4, 0.5) is 0 Å². The molecule has 2 heterocycles. The third-order valence-corrected chi connectivity index (χ3v) is 3.29. The second kappa shape index (κ2) is 4.88. The minimum Gasteiger partial charge on any atom is -0.332 e. The van der Waals surface area contributed by atoms with Crippen LogP contribution < -0.4 is 0 Å². The van der Waals surface area contributed by atoms with Crippen LogP contribution >= 0.6 is 11.6 Å². The third-order valence-electron chi connectivity index (χ3n) is 3.07. The molecule has 0 bridgehead atoms. The van der Waals surface area contributed by atoms with Crippen molar-refractivity contribution in [3.63, 3.8) is 0 Å². The van der Waals surface area contributed by atoms with Gasteiger partial charge in [0, 0.05) is 18.7 Å². The first-order chi connectivity index (χ1) is 8.13. The van der Waals surface area contributed by atoms with Gasteiger partial charge in [-0.05, 0) is 31.6 Å². The number of allylic oxidation sites excluding steroid dienone is 1. The van der Waals surface area contributed by atoms with Gasteiger partial charge in [0.1, 0.15) is 5.15 Å². The molecule has 0 aromatic carbocycles. The molecule has 90 valence electrons. The summed E-state index contributed by atoms with van der Waals surface area (Å²) in [6, 6.07) is 3.80. The molecule has 1 aromatic heterocycles. The Balaban J connectivity index is 2.30. The molecule has 0 aliphatic carbocycles. The summed E-state index contributed by atoms with van der Waals surface area (Å²) in [7, 11) is 0. The Morgan fingerprint density at radius 3 is 3.06 bits per heavy atom. The number of aromatic nitrogens is 1. The second-order valence-electron chi connectivity index (χ2n) is 4.13. The van der Waals surface area contributed by atoms with Gasteiger partial charge < -0.3 is 4.90 Å².